The van der Waals surface area contributed by atoms with Gasteiger partial charge in [-0.2, -0.15) is 0 Å². The first-order chi connectivity index (χ1) is 13.7. The van der Waals surface area contributed by atoms with E-state index in [1.165, 1.54) is 0 Å². The van der Waals surface area contributed by atoms with E-state index in [4.69, 9.17) is 0 Å². The Bertz CT molecular complexity index is 1070. The third-order valence-electron chi connectivity index (χ3n) is 5.68. The summed E-state index contributed by atoms with van der Waals surface area (Å²) in [5.74, 6) is -0.0626. The molecule has 0 bridgehead atoms. The molecular formula is C21H21N6O2+. The molecule has 0 saturated carbocycles. The number of nitrogens with zero attached hydrogens (tertiary/aromatic N) is 6. The van der Waals surface area contributed by atoms with Gasteiger partial charge >= 0.3 is 11.7 Å². The number of hydroxylamine groups is 1. The molecule has 0 spiro atoms. The van der Waals surface area contributed by atoms with Crippen molar-refractivity contribution in [2.45, 2.75) is 38.8 Å². The van der Waals surface area contributed by atoms with E-state index in [9.17, 15) is 10.1 Å². The van der Waals surface area contributed by atoms with Crippen LogP contribution in [0.2, 0.25) is 0 Å². The van der Waals surface area contributed by atoms with Crippen molar-refractivity contribution in [3.05, 3.63) is 70.8 Å². The summed E-state index contributed by atoms with van der Waals surface area (Å²) < 4.78 is 1.42. The van der Waals surface area contributed by atoms with Crippen LogP contribution in [0, 0.1) is 10.1 Å². The second kappa shape index (κ2) is 6.51. The van der Waals surface area contributed by atoms with Crippen LogP contribution in [0.5, 0.6) is 0 Å². The maximum atomic E-state index is 13.1. The van der Waals surface area contributed by atoms with Gasteiger partial charge in [0.05, 0.1) is 22.8 Å². The Balaban J connectivity index is 1.97. The first kappa shape index (κ1) is 18.8. The zero-order valence-corrected chi connectivity index (χ0v) is 16.7. The average molecular weight is 389 g/mol. The molecule has 0 unspecified atom stereocenters. The number of amidine groups is 1. The predicted octanol–water partition coefficient (Wildman–Crippen LogP) is 3.21. The lowest BCUT2D eigenvalue weighted by Crippen LogP contribution is -2.50. The number of aromatic nitrogens is 4. The molecule has 146 valence electrons. The molecule has 0 N–H and O–H groups in total. The maximum absolute atomic E-state index is 13.1. The van der Waals surface area contributed by atoms with Gasteiger partial charge in [0, 0.05) is 45.0 Å². The molecule has 0 fully saturated rings. The Hall–Kier alpha value is -3.55. The number of hydrogen-bond donors (Lipinski definition) is 0. The Kier molecular flexibility index (Phi) is 4.22. The smallest absolute Gasteiger partial charge is 0.543 e. The summed E-state index contributed by atoms with van der Waals surface area (Å²) in [6.45, 7) is 6.95. The number of pyridine rings is 2. The molecule has 0 amide bonds. The largest absolute Gasteiger partial charge is 0.618 e. The van der Waals surface area contributed by atoms with Crippen molar-refractivity contribution >= 4 is 5.84 Å². The molecule has 0 aromatic carbocycles. The highest BCUT2D eigenvalue weighted by Gasteiger charge is 2.69. The number of hydrogen-bond acceptors (Lipinski definition) is 6. The lowest BCUT2D eigenvalue weighted by Gasteiger charge is -2.22. The van der Waals surface area contributed by atoms with Crippen LogP contribution in [0.4, 0.5) is 0 Å². The Labute approximate surface area is 168 Å². The van der Waals surface area contributed by atoms with Crippen LogP contribution in [0.1, 0.15) is 33.5 Å². The molecule has 4 heterocycles. The zero-order valence-electron chi connectivity index (χ0n) is 16.7. The monoisotopic (exact) mass is 389 g/mol. The highest BCUT2D eigenvalue weighted by atomic mass is 16.5. The van der Waals surface area contributed by atoms with E-state index in [0.29, 0.717) is 32.3 Å². The normalized spacial score (nSPS) is 17.6. The SMILES string of the molecule is CC1(C)[N+](=O)C(c2nc(-c3ccccn3)cc(-c3ccccn3)n2)=[N+]([O-])C1(C)C. The van der Waals surface area contributed by atoms with Gasteiger partial charge < -0.3 is 5.21 Å². The summed E-state index contributed by atoms with van der Waals surface area (Å²) in [7, 11) is 0. The van der Waals surface area contributed by atoms with Crippen molar-refractivity contribution < 1.29 is 9.50 Å². The van der Waals surface area contributed by atoms with Gasteiger partial charge in [0.25, 0.3) is 5.54 Å². The minimum atomic E-state index is -0.959. The second-order valence-electron chi connectivity index (χ2n) is 7.92. The van der Waals surface area contributed by atoms with E-state index in [2.05, 4.69) is 19.9 Å². The van der Waals surface area contributed by atoms with Crippen molar-refractivity contribution in [2.75, 3.05) is 0 Å². The molecule has 8 heteroatoms. The molecule has 3 aromatic rings. The van der Waals surface area contributed by atoms with E-state index in [0.717, 1.165) is 0 Å². The van der Waals surface area contributed by atoms with Crippen molar-refractivity contribution in [1.82, 2.24) is 19.9 Å². The standard InChI is InChI=1S/C21H21N6O2/c1-20(2)21(3,4)27(29)19(26(20)28)18-24-16(14-9-5-7-11-22-14)13-17(25-18)15-10-6-8-12-23-15/h5-13H,1-4H3/q+1. The van der Waals surface area contributed by atoms with E-state index in [-0.39, 0.29) is 11.7 Å². The van der Waals surface area contributed by atoms with Gasteiger partial charge in [0.15, 0.2) is 0 Å². The average Bonchev–Trinajstić information content (AvgIpc) is 2.85. The van der Waals surface area contributed by atoms with Crippen LogP contribution in [0.25, 0.3) is 22.8 Å². The summed E-state index contributed by atoms with van der Waals surface area (Å²) in [6, 6.07) is 12.7. The minimum Gasteiger partial charge on any atom is -0.618 e. The lowest BCUT2D eigenvalue weighted by atomic mass is 9.84. The molecule has 0 atom stereocenters. The predicted molar refractivity (Wildman–Crippen MR) is 108 cm³/mol. The maximum Gasteiger partial charge on any atom is 0.543 e. The van der Waals surface area contributed by atoms with Gasteiger partial charge in [-0.1, -0.05) is 12.1 Å². The van der Waals surface area contributed by atoms with Crippen molar-refractivity contribution in [3.63, 3.8) is 0 Å². The van der Waals surface area contributed by atoms with Gasteiger partial charge in [-0.25, -0.2) is 9.97 Å². The third-order valence-corrected chi connectivity index (χ3v) is 5.68. The minimum absolute atomic E-state index is 0.0532. The summed E-state index contributed by atoms with van der Waals surface area (Å²) in [5.41, 5.74) is 0.320. The van der Waals surface area contributed by atoms with Crippen LogP contribution < -0.4 is 0 Å². The molecule has 1 aliphatic rings. The van der Waals surface area contributed by atoms with Gasteiger partial charge in [0.1, 0.15) is 4.76 Å². The fourth-order valence-corrected chi connectivity index (χ4v) is 3.13. The zero-order chi connectivity index (χ0) is 20.8. The first-order valence-electron chi connectivity index (χ1n) is 9.27. The van der Waals surface area contributed by atoms with Crippen molar-refractivity contribution in [1.29, 1.82) is 0 Å². The van der Waals surface area contributed by atoms with Crippen LogP contribution in [0.15, 0.2) is 54.9 Å². The molecule has 3 aromatic heterocycles. The first-order valence-corrected chi connectivity index (χ1v) is 9.27. The quantitative estimate of drug-likeness (QED) is 0.504. The molecule has 29 heavy (non-hydrogen) atoms. The van der Waals surface area contributed by atoms with Gasteiger partial charge in [0.2, 0.25) is 5.54 Å². The summed E-state index contributed by atoms with van der Waals surface area (Å²) in [6.07, 6.45) is 3.32. The Morgan fingerprint density at radius 3 is 1.69 bits per heavy atom. The molecule has 4 rings (SSSR count). The van der Waals surface area contributed by atoms with Crippen LogP contribution >= 0.6 is 0 Å². The molecule has 0 saturated heterocycles. The van der Waals surface area contributed by atoms with E-state index in [1.54, 1.807) is 58.3 Å². The van der Waals surface area contributed by atoms with Crippen molar-refractivity contribution in [2.24, 2.45) is 0 Å². The van der Waals surface area contributed by atoms with Crippen LogP contribution in [-0.2, 0) is 0 Å². The summed E-state index contributed by atoms with van der Waals surface area (Å²) >= 11 is 0. The molecule has 8 nitrogen and oxygen atoms in total. The highest BCUT2D eigenvalue weighted by molar-refractivity contribution is 5.87. The second-order valence-corrected chi connectivity index (χ2v) is 7.92. The number of rotatable bonds is 3. The van der Waals surface area contributed by atoms with Gasteiger partial charge in [-0.05, 0) is 30.3 Å². The Morgan fingerprint density at radius 2 is 1.31 bits per heavy atom. The van der Waals surface area contributed by atoms with Gasteiger partial charge in [-0.3, -0.25) is 9.97 Å². The van der Waals surface area contributed by atoms with Gasteiger partial charge in [-0.15, -0.1) is 4.74 Å². The third kappa shape index (κ3) is 2.88. The van der Waals surface area contributed by atoms with E-state index in [1.807, 2.05) is 24.3 Å². The van der Waals surface area contributed by atoms with Crippen molar-refractivity contribution in [3.8, 4) is 22.8 Å². The van der Waals surface area contributed by atoms with Crippen LogP contribution in [0.3, 0.4) is 0 Å². The van der Waals surface area contributed by atoms with E-state index < -0.39 is 11.1 Å². The van der Waals surface area contributed by atoms with Crippen LogP contribution in [-0.4, -0.2) is 46.3 Å². The Morgan fingerprint density at radius 1 is 0.793 bits per heavy atom. The molecular weight excluding hydrogens is 368 g/mol. The molecule has 1 aliphatic heterocycles. The summed E-state index contributed by atoms with van der Waals surface area (Å²) in [5, 5.41) is 13.1. The topological polar surface area (TPSA) is 97.7 Å². The fourth-order valence-electron chi connectivity index (χ4n) is 3.13. The molecule has 0 radical (unpaired) electrons. The lowest BCUT2D eigenvalue weighted by molar-refractivity contribution is -0.555. The summed E-state index contributed by atoms with van der Waals surface area (Å²) in [4.78, 5) is 30.8. The number of nitroso groups, excluding NO2 is 1. The van der Waals surface area contributed by atoms with E-state index >= 15 is 0 Å². The molecule has 0 aliphatic carbocycles. The fraction of sp³-hybridized carbons (Fsp3) is 0.286. The highest BCUT2D eigenvalue weighted by Crippen LogP contribution is 2.35.